The summed E-state index contributed by atoms with van der Waals surface area (Å²) in [5, 5.41) is 26.3. The normalized spacial score (nSPS) is 34.2. The van der Waals surface area contributed by atoms with Crippen molar-refractivity contribution in [2.75, 3.05) is 6.61 Å². The first-order chi connectivity index (χ1) is 27.2. The first kappa shape index (κ1) is 41.5. The first-order valence-corrected chi connectivity index (χ1v) is 21.0. The van der Waals surface area contributed by atoms with Gasteiger partial charge >= 0.3 is 0 Å². The quantitative estimate of drug-likeness (QED) is 0.114. The maximum absolute atomic E-state index is 15.0. The van der Waals surface area contributed by atoms with Gasteiger partial charge in [0.25, 0.3) is 0 Å². The van der Waals surface area contributed by atoms with Crippen LogP contribution in [0.3, 0.4) is 0 Å². The number of ketones is 2. The second-order valence-corrected chi connectivity index (χ2v) is 17.7. The van der Waals surface area contributed by atoms with Gasteiger partial charge in [-0.05, 0) is 115 Å². The molecule has 300 valence electrons. The third-order valence-electron chi connectivity index (χ3n) is 12.2. The lowest BCUT2D eigenvalue weighted by atomic mass is 9.70. The second-order valence-electron chi connectivity index (χ2n) is 16.5. The largest absolute Gasteiger partial charge is 0.389 e. The topological polar surface area (TPSA) is 140 Å². The van der Waals surface area contributed by atoms with Crippen molar-refractivity contribution < 1.29 is 38.7 Å². The van der Waals surface area contributed by atoms with Crippen molar-refractivity contribution in [2.24, 2.45) is 23.2 Å². The van der Waals surface area contributed by atoms with E-state index in [9.17, 15) is 19.8 Å². The Hall–Kier alpha value is -3.66. The van der Waals surface area contributed by atoms with E-state index in [2.05, 4.69) is 77.0 Å². The number of carbonyl (C=O) groups excluding carboxylic acids is 2. The maximum Gasteiger partial charge on any atom is 0.194 e. The number of rotatable bonds is 9. The van der Waals surface area contributed by atoms with Crippen LogP contribution in [0.2, 0.25) is 0 Å². The van der Waals surface area contributed by atoms with Gasteiger partial charge in [-0.3, -0.25) is 14.6 Å². The summed E-state index contributed by atoms with van der Waals surface area (Å²) < 4.78 is 27.5. The maximum atomic E-state index is 15.0. The Balaban J connectivity index is 1.29. The zero-order valence-electron chi connectivity index (χ0n) is 33.5. The molecule has 7 rings (SSSR count). The van der Waals surface area contributed by atoms with Gasteiger partial charge in [0.2, 0.25) is 0 Å². The summed E-state index contributed by atoms with van der Waals surface area (Å²) in [4.78, 5) is 36.5. The molecule has 2 bridgehead atoms. The van der Waals surface area contributed by atoms with Gasteiger partial charge < -0.3 is 34.1 Å². The number of aromatic amines is 1. The summed E-state index contributed by atoms with van der Waals surface area (Å²) in [6, 6.07) is 7.91. The van der Waals surface area contributed by atoms with Gasteiger partial charge in [-0.1, -0.05) is 63.5 Å². The summed E-state index contributed by atoms with van der Waals surface area (Å²) in [7, 11) is 0. The minimum absolute atomic E-state index is 0.175. The van der Waals surface area contributed by atoms with E-state index < -0.39 is 53.8 Å². The number of fused-ring (bicyclic) bond motifs is 5. The number of allylic oxidation sites excluding steroid dienone is 4. The molecule has 57 heavy (non-hydrogen) atoms. The van der Waals surface area contributed by atoms with Gasteiger partial charge in [0.05, 0.1) is 30.1 Å². The summed E-state index contributed by atoms with van der Waals surface area (Å²) in [5.74, 6) is 12.2. The number of hydrogen-bond donors (Lipinski definition) is 3. The predicted octanol–water partition coefficient (Wildman–Crippen LogP) is 7.36. The zero-order chi connectivity index (χ0) is 40.8. The molecule has 2 saturated heterocycles. The number of ether oxygens (including phenoxy) is 4. The number of nitrogens with zero attached hydrogens (tertiary/aromatic N) is 1. The molecule has 0 amide bonds. The van der Waals surface area contributed by atoms with E-state index in [4.69, 9.17) is 18.9 Å². The number of nitrogens with one attached hydrogen (secondary N) is 1. The van der Waals surface area contributed by atoms with Crippen molar-refractivity contribution in [3.05, 3.63) is 74.7 Å². The summed E-state index contributed by atoms with van der Waals surface area (Å²) in [6.45, 7) is 14.1. The van der Waals surface area contributed by atoms with Crippen molar-refractivity contribution >= 4 is 56.0 Å². The van der Waals surface area contributed by atoms with Gasteiger partial charge in [0.15, 0.2) is 29.7 Å². The number of carbonyl (C=O) groups is 2. The van der Waals surface area contributed by atoms with Crippen molar-refractivity contribution in [3.8, 4) is 23.7 Å². The Morgan fingerprint density at radius 1 is 1.18 bits per heavy atom. The number of halogens is 1. The zero-order valence-corrected chi connectivity index (χ0v) is 35.7. The molecule has 10 nitrogen and oxygen atoms in total. The Bertz CT molecular complexity index is 2300. The van der Waals surface area contributed by atoms with E-state index in [-0.39, 0.29) is 23.8 Å². The number of H-pyrrole nitrogens is 1. The molecule has 2 aliphatic carbocycles. The number of benzene rings is 1. The summed E-state index contributed by atoms with van der Waals surface area (Å²) in [6.07, 6.45) is 1.68. The van der Waals surface area contributed by atoms with Crippen LogP contribution in [0.1, 0.15) is 84.6 Å². The van der Waals surface area contributed by atoms with Crippen LogP contribution in [0.4, 0.5) is 0 Å². The fourth-order valence-electron chi connectivity index (χ4n) is 8.73. The van der Waals surface area contributed by atoms with E-state index in [1.807, 2.05) is 37.3 Å². The minimum Gasteiger partial charge on any atom is -0.389 e. The highest BCUT2D eigenvalue weighted by Gasteiger charge is 2.59. The summed E-state index contributed by atoms with van der Waals surface area (Å²) >= 11 is 2.25. The van der Waals surface area contributed by atoms with Crippen LogP contribution in [0.15, 0.2) is 65.4 Å². The van der Waals surface area contributed by atoms with E-state index in [0.29, 0.717) is 53.5 Å². The van der Waals surface area contributed by atoms with Gasteiger partial charge in [-0.2, -0.15) is 0 Å². The lowest BCUT2D eigenvalue weighted by Gasteiger charge is -2.50. The molecule has 11 heteroatoms. The van der Waals surface area contributed by atoms with E-state index >= 15 is 0 Å². The van der Waals surface area contributed by atoms with Crippen LogP contribution >= 0.6 is 22.6 Å². The number of pyridine rings is 1. The van der Waals surface area contributed by atoms with Crippen molar-refractivity contribution in [1.29, 1.82) is 0 Å². The van der Waals surface area contributed by atoms with E-state index in [1.165, 1.54) is 6.08 Å². The third kappa shape index (κ3) is 7.81. The molecule has 2 aliphatic heterocycles. The van der Waals surface area contributed by atoms with Crippen LogP contribution in [-0.4, -0.2) is 81.0 Å². The van der Waals surface area contributed by atoms with Crippen LogP contribution in [0.5, 0.6) is 0 Å². The smallest absolute Gasteiger partial charge is 0.194 e. The van der Waals surface area contributed by atoms with Gasteiger partial charge in [-0.15, -0.1) is 0 Å². The molecule has 4 heterocycles. The van der Waals surface area contributed by atoms with Crippen molar-refractivity contribution in [2.45, 2.75) is 117 Å². The molecule has 10 atom stereocenters. The fraction of sp³-hybridized carbons (Fsp3) is 0.500. The predicted molar refractivity (Wildman–Crippen MR) is 226 cm³/mol. The third-order valence-corrected chi connectivity index (χ3v) is 12.8. The lowest BCUT2D eigenvalue weighted by molar-refractivity contribution is -0.339. The Morgan fingerprint density at radius 2 is 1.95 bits per heavy atom. The number of aliphatic hydroxyl groups is 2. The highest BCUT2D eigenvalue weighted by atomic mass is 127. The molecular formula is C46H51IN2O8. The first-order valence-electron chi connectivity index (χ1n) is 19.9. The van der Waals surface area contributed by atoms with Gasteiger partial charge in [0.1, 0.15) is 24.0 Å². The Labute approximate surface area is 348 Å². The number of hydrogen-bond acceptors (Lipinski definition) is 9. The average Bonchev–Trinajstić information content (AvgIpc) is 3.54. The van der Waals surface area contributed by atoms with Gasteiger partial charge in [0, 0.05) is 38.1 Å². The van der Waals surface area contributed by atoms with Crippen LogP contribution in [0.25, 0.3) is 21.8 Å². The minimum atomic E-state index is -1.76. The van der Waals surface area contributed by atoms with Crippen LogP contribution in [0, 0.1) is 50.4 Å². The van der Waals surface area contributed by atoms with Crippen LogP contribution in [-0.2, 0) is 23.7 Å². The second kappa shape index (κ2) is 16.5. The standard InChI is InChI=1S/C46H51IN2O8/c1-8-13-33-38-27(5)35(50)23-46(33,53)18-12-10-9-11-14-36(38)56-44-41(57-37-21-26(4)29(24-54-37)20-25(2)3)43(52)45(7,28(6)55-44)42(51)40-39-32(17-19-48-40)31-16-15-30(47)22-34(31)49-39/h9-10,13,15-17,19,22,25-26,28-29,36-37,41,43-44,49,52-53H,8,20-21,23-24H2,1-7H3/b10-9-,33-13+/t26?,28?,29?,36-,37?,41?,43?,44?,45?,46-/m0/s1. The molecule has 2 fully saturated rings. The number of Topliss-reactive ketones (excluding diaryl/α,β-unsaturated/α-hetero) is 2. The SMILES string of the molecule is CC/C=C1\C2=C(C)C(=O)C[C@@]1(O)C#C/C=C\C#C[C@@H]2OC1OC(C)C(C)(C(=O)c2nccc3c2[nH]c2cc(I)ccc23)C(O)C1OC1CC(C)C(CC(C)C)CO1. The Kier molecular flexibility index (Phi) is 12.0. The average molecular weight is 887 g/mol. The molecule has 4 aliphatic rings. The molecule has 2 aromatic heterocycles. The van der Waals surface area contributed by atoms with E-state index in [0.717, 1.165) is 26.3 Å². The molecule has 8 unspecified atom stereocenters. The van der Waals surface area contributed by atoms with Gasteiger partial charge in [-0.25, -0.2) is 0 Å². The molecule has 0 spiro atoms. The monoisotopic (exact) mass is 886 g/mol. The molecule has 0 radical (unpaired) electrons. The highest BCUT2D eigenvalue weighted by Crippen LogP contribution is 2.45. The van der Waals surface area contributed by atoms with Crippen molar-refractivity contribution in [3.63, 3.8) is 0 Å². The molecular weight excluding hydrogens is 835 g/mol. The lowest BCUT2D eigenvalue weighted by Crippen LogP contribution is -2.65. The van der Waals surface area contributed by atoms with Crippen molar-refractivity contribution in [1.82, 2.24) is 9.97 Å². The number of aromatic nitrogens is 2. The highest BCUT2D eigenvalue weighted by molar-refractivity contribution is 14.1. The molecule has 3 aromatic rings. The Morgan fingerprint density at radius 3 is 2.68 bits per heavy atom. The fourth-order valence-corrected chi connectivity index (χ4v) is 9.22. The van der Waals surface area contributed by atoms with Crippen LogP contribution < -0.4 is 0 Å². The van der Waals surface area contributed by atoms with E-state index in [1.54, 1.807) is 33.0 Å². The number of aliphatic hydroxyl groups excluding tert-OH is 1. The summed E-state index contributed by atoms with van der Waals surface area (Å²) in [5.41, 5.74) is -0.494. The molecule has 1 aromatic carbocycles. The molecule has 3 N–H and O–H groups in total. The molecule has 0 saturated carbocycles.